The van der Waals surface area contributed by atoms with Crippen LogP contribution in [0.4, 0.5) is 5.69 Å². The van der Waals surface area contributed by atoms with Crippen molar-refractivity contribution in [1.29, 1.82) is 0 Å². The fraction of sp³-hybridized carbons (Fsp3) is 0.364. The Hall–Kier alpha value is -2.84. The monoisotopic (exact) mass is 525 g/mol. The molecule has 0 atom stereocenters. The zero-order valence-corrected chi connectivity index (χ0v) is 21.2. The van der Waals surface area contributed by atoms with E-state index in [0.717, 1.165) is 4.31 Å². The van der Waals surface area contributed by atoms with E-state index in [-0.39, 0.29) is 34.1 Å². The number of nitrogens with zero attached hydrogens (tertiary/aromatic N) is 2. The number of anilines is 1. The number of amides is 1. The Labute approximate surface area is 204 Å². The van der Waals surface area contributed by atoms with Crippen LogP contribution < -0.4 is 5.32 Å². The Morgan fingerprint density at radius 3 is 2.20 bits per heavy atom. The molecule has 0 saturated carbocycles. The highest BCUT2D eigenvalue weighted by Crippen LogP contribution is 2.22. The molecule has 35 heavy (non-hydrogen) atoms. The van der Waals surface area contributed by atoms with Gasteiger partial charge in [0.1, 0.15) is 0 Å². The van der Waals surface area contributed by atoms with Gasteiger partial charge in [-0.15, -0.1) is 0 Å². The van der Waals surface area contributed by atoms with Crippen molar-refractivity contribution in [2.75, 3.05) is 52.3 Å². The van der Waals surface area contributed by atoms with Gasteiger partial charge in [-0.2, -0.15) is 4.31 Å². The van der Waals surface area contributed by atoms with Crippen molar-refractivity contribution >= 4 is 37.6 Å². The molecule has 1 aliphatic heterocycles. The van der Waals surface area contributed by atoms with Gasteiger partial charge in [0.2, 0.25) is 20.0 Å². The molecule has 0 aromatic heterocycles. The molecule has 2 aromatic carbocycles. The predicted molar refractivity (Wildman–Crippen MR) is 127 cm³/mol. The topological polar surface area (TPSA) is 139 Å². The number of carbonyl (C=O) groups is 2. The van der Waals surface area contributed by atoms with Crippen molar-refractivity contribution in [1.82, 2.24) is 8.61 Å². The summed E-state index contributed by atoms with van der Waals surface area (Å²) in [5.74, 6) is -1.47. The molecular formula is C22H27N3O8S2. The Morgan fingerprint density at radius 1 is 1.00 bits per heavy atom. The summed E-state index contributed by atoms with van der Waals surface area (Å²) >= 11 is 0. The molecule has 1 fully saturated rings. The number of ether oxygens (including phenoxy) is 2. The van der Waals surface area contributed by atoms with Gasteiger partial charge in [-0.3, -0.25) is 4.79 Å². The number of hydrogen-bond acceptors (Lipinski definition) is 8. The quantitative estimate of drug-likeness (QED) is 0.505. The molecular weight excluding hydrogens is 498 g/mol. The molecule has 1 aliphatic rings. The van der Waals surface area contributed by atoms with Crippen LogP contribution in [0.2, 0.25) is 0 Å². The van der Waals surface area contributed by atoms with E-state index in [0.29, 0.717) is 18.8 Å². The maximum absolute atomic E-state index is 12.7. The van der Waals surface area contributed by atoms with Gasteiger partial charge < -0.3 is 14.8 Å². The molecule has 1 saturated heterocycles. The van der Waals surface area contributed by atoms with Gasteiger partial charge in [-0.1, -0.05) is 6.07 Å². The van der Waals surface area contributed by atoms with Crippen molar-refractivity contribution in [2.45, 2.75) is 16.7 Å². The number of carbonyl (C=O) groups excluding carboxylic acids is 2. The molecule has 1 heterocycles. The molecule has 0 radical (unpaired) electrons. The molecule has 0 bridgehead atoms. The molecule has 0 aliphatic carbocycles. The zero-order valence-electron chi connectivity index (χ0n) is 19.6. The fourth-order valence-electron chi connectivity index (χ4n) is 3.21. The third-order valence-electron chi connectivity index (χ3n) is 5.29. The largest absolute Gasteiger partial charge is 0.452 e. The second-order valence-corrected chi connectivity index (χ2v) is 12.0. The van der Waals surface area contributed by atoms with E-state index in [1.54, 1.807) is 13.0 Å². The average Bonchev–Trinajstić information content (AvgIpc) is 2.84. The number of nitrogens with one attached hydrogen (secondary N) is 1. The summed E-state index contributed by atoms with van der Waals surface area (Å²) in [6, 6.07) is 9.56. The number of morpholine rings is 1. The minimum atomic E-state index is -3.70. The maximum Gasteiger partial charge on any atom is 0.338 e. The van der Waals surface area contributed by atoms with Crippen LogP contribution in [-0.2, 0) is 34.3 Å². The number of sulfonamides is 2. The van der Waals surface area contributed by atoms with E-state index in [2.05, 4.69) is 5.32 Å². The second kappa shape index (κ2) is 10.8. The first-order chi connectivity index (χ1) is 16.4. The SMILES string of the molecule is Cc1ccc(S(=O)(=O)N(C)C)cc1NC(=O)COC(=O)c1ccc(S(=O)(=O)N2CCOCC2)cc1. The molecule has 0 spiro atoms. The van der Waals surface area contributed by atoms with E-state index in [1.165, 1.54) is 54.8 Å². The third kappa shape index (κ3) is 6.24. The van der Waals surface area contributed by atoms with Crippen molar-refractivity contribution in [3.8, 4) is 0 Å². The van der Waals surface area contributed by atoms with Crippen LogP contribution >= 0.6 is 0 Å². The van der Waals surface area contributed by atoms with Gasteiger partial charge >= 0.3 is 5.97 Å². The van der Waals surface area contributed by atoms with Crippen LogP contribution in [0.1, 0.15) is 15.9 Å². The van der Waals surface area contributed by atoms with E-state index in [1.807, 2.05) is 0 Å². The standard InChI is InChI=1S/C22H27N3O8S2/c1-16-4-7-19(34(28,29)24(2)3)14-20(16)23-21(26)15-33-22(27)17-5-8-18(9-6-17)35(30,31)25-10-12-32-13-11-25/h4-9,14H,10-13,15H2,1-3H3,(H,23,26). The summed E-state index contributed by atoms with van der Waals surface area (Å²) < 4.78 is 62.6. The minimum absolute atomic E-state index is 0.00696. The van der Waals surface area contributed by atoms with Gasteiger partial charge in [0.25, 0.3) is 5.91 Å². The van der Waals surface area contributed by atoms with Crippen LogP contribution in [0.25, 0.3) is 0 Å². The third-order valence-corrected chi connectivity index (χ3v) is 9.02. The van der Waals surface area contributed by atoms with Crippen LogP contribution in [0.5, 0.6) is 0 Å². The molecule has 13 heteroatoms. The van der Waals surface area contributed by atoms with Gasteiger partial charge in [-0.25, -0.2) is 25.9 Å². The predicted octanol–water partition coefficient (Wildman–Crippen LogP) is 1.06. The Bertz CT molecular complexity index is 1300. The Morgan fingerprint density at radius 2 is 1.60 bits per heavy atom. The van der Waals surface area contributed by atoms with Gasteiger partial charge in [0.15, 0.2) is 6.61 Å². The van der Waals surface area contributed by atoms with Crippen LogP contribution in [-0.4, -0.2) is 84.3 Å². The highest BCUT2D eigenvalue weighted by molar-refractivity contribution is 7.89. The molecule has 1 N–H and O–H groups in total. The van der Waals surface area contributed by atoms with E-state index >= 15 is 0 Å². The van der Waals surface area contributed by atoms with Crippen LogP contribution in [0, 0.1) is 6.92 Å². The van der Waals surface area contributed by atoms with Gasteiger partial charge in [0.05, 0.1) is 28.6 Å². The lowest BCUT2D eigenvalue weighted by molar-refractivity contribution is -0.119. The summed E-state index contributed by atoms with van der Waals surface area (Å²) in [7, 11) is -4.59. The van der Waals surface area contributed by atoms with E-state index in [9.17, 15) is 26.4 Å². The number of rotatable bonds is 8. The van der Waals surface area contributed by atoms with Crippen molar-refractivity contribution in [3.63, 3.8) is 0 Å². The van der Waals surface area contributed by atoms with Crippen molar-refractivity contribution in [2.24, 2.45) is 0 Å². The van der Waals surface area contributed by atoms with E-state index < -0.39 is 38.5 Å². The molecule has 2 aromatic rings. The van der Waals surface area contributed by atoms with Crippen molar-refractivity contribution < 1.29 is 35.9 Å². The number of esters is 1. The Balaban J connectivity index is 1.61. The van der Waals surface area contributed by atoms with E-state index in [4.69, 9.17) is 9.47 Å². The number of benzene rings is 2. The number of hydrogen-bond donors (Lipinski definition) is 1. The summed E-state index contributed by atoms with van der Waals surface area (Å²) in [4.78, 5) is 24.7. The molecule has 11 nitrogen and oxygen atoms in total. The summed E-state index contributed by atoms with van der Waals surface area (Å²) in [5.41, 5.74) is 0.972. The summed E-state index contributed by atoms with van der Waals surface area (Å²) in [6.07, 6.45) is 0. The smallest absolute Gasteiger partial charge is 0.338 e. The Kier molecular flexibility index (Phi) is 8.28. The number of aryl methyl sites for hydroxylation is 1. The van der Waals surface area contributed by atoms with Crippen LogP contribution in [0.3, 0.4) is 0 Å². The molecule has 1 amide bonds. The summed E-state index contributed by atoms with van der Waals surface area (Å²) in [6.45, 7) is 2.23. The lowest BCUT2D eigenvalue weighted by Gasteiger charge is -2.26. The first kappa shape index (κ1) is 26.8. The van der Waals surface area contributed by atoms with Crippen LogP contribution in [0.15, 0.2) is 52.3 Å². The molecule has 3 rings (SSSR count). The molecule has 0 unspecified atom stereocenters. The maximum atomic E-state index is 12.7. The fourth-order valence-corrected chi connectivity index (χ4v) is 5.54. The summed E-state index contributed by atoms with van der Waals surface area (Å²) in [5, 5.41) is 2.54. The second-order valence-electron chi connectivity index (χ2n) is 7.93. The average molecular weight is 526 g/mol. The van der Waals surface area contributed by atoms with Gasteiger partial charge in [0, 0.05) is 32.9 Å². The molecule has 190 valence electrons. The first-order valence-corrected chi connectivity index (χ1v) is 13.5. The highest BCUT2D eigenvalue weighted by Gasteiger charge is 2.26. The zero-order chi connectivity index (χ0) is 25.8. The van der Waals surface area contributed by atoms with Crippen molar-refractivity contribution in [3.05, 3.63) is 53.6 Å². The van der Waals surface area contributed by atoms with Gasteiger partial charge in [-0.05, 0) is 48.9 Å². The highest BCUT2D eigenvalue weighted by atomic mass is 32.2. The first-order valence-electron chi connectivity index (χ1n) is 10.6. The minimum Gasteiger partial charge on any atom is -0.452 e. The lowest BCUT2D eigenvalue weighted by Crippen LogP contribution is -2.40. The normalized spacial score (nSPS) is 15.1. The lowest BCUT2D eigenvalue weighted by atomic mass is 10.2.